The first-order chi connectivity index (χ1) is 13.2. The van der Waals surface area contributed by atoms with E-state index in [1.54, 1.807) is 30.7 Å². The number of aliphatic carboxylic acids is 1. The molecule has 152 valence electrons. The highest BCUT2D eigenvalue weighted by Crippen LogP contribution is 2.20. The van der Waals surface area contributed by atoms with Crippen molar-refractivity contribution in [2.75, 3.05) is 6.54 Å². The monoisotopic (exact) mass is 427 g/mol. The zero-order valence-electron chi connectivity index (χ0n) is 15.7. The minimum absolute atomic E-state index is 0.0565. The fourth-order valence-corrected chi connectivity index (χ4v) is 3.60. The lowest BCUT2D eigenvalue weighted by molar-refractivity contribution is -0.143. The Balaban J connectivity index is 2.13. The first-order valence-electron chi connectivity index (χ1n) is 8.83. The molecule has 1 aromatic carbocycles. The Kier molecular flexibility index (Phi) is 7.71. The third kappa shape index (κ3) is 6.14. The molecule has 2 N–H and O–H groups in total. The third-order valence-electron chi connectivity index (χ3n) is 4.28. The molecule has 1 atom stereocenters. The molecular formula is C19H23Cl2N3O4. The van der Waals surface area contributed by atoms with E-state index < -0.39 is 18.1 Å². The SMILES string of the molecule is CC(C)CC(C(=O)O)N(CCc1cncn1Cc1cc(Cl)cc(Cl)c1)C(=O)O. The van der Waals surface area contributed by atoms with Crippen LogP contribution in [0.1, 0.15) is 31.5 Å². The summed E-state index contributed by atoms with van der Waals surface area (Å²) in [7, 11) is 0. The summed E-state index contributed by atoms with van der Waals surface area (Å²) in [4.78, 5) is 28.3. The quantitative estimate of drug-likeness (QED) is 0.622. The lowest BCUT2D eigenvalue weighted by Crippen LogP contribution is -2.46. The minimum Gasteiger partial charge on any atom is -0.480 e. The highest BCUT2D eigenvalue weighted by atomic mass is 35.5. The first-order valence-corrected chi connectivity index (χ1v) is 9.59. The minimum atomic E-state index is -1.25. The van der Waals surface area contributed by atoms with Gasteiger partial charge in [-0.1, -0.05) is 37.0 Å². The highest BCUT2D eigenvalue weighted by molar-refractivity contribution is 6.34. The Hall–Kier alpha value is -2.25. The third-order valence-corrected chi connectivity index (χ3v) is 4.72. The van der Waals surface area contributed by atoms with Gasteiger partial charge in [-0.25, -0.2) is 14.6 Å². The van der Waals surface area contributed by atoms with E-state index in [1.807, 2.05) is 18.4 Å². The van der Waals surface area contributed by atoms with Crippen molar-refractivity contribution < 1.29 is 19.8 Å². The number of rotatable bonds is 9. The molecule has 9 heteroatoms. The Morgan fingerprint density at radius 2 is 1.82 bits per heavy atom. The highest BCUT2D eigenvalue weighted by Gasteiger charge is 2.30. The molecule has 2 aromatic rings. The molecule has 7 nitrogen and oxygen atoms in total. The fourth-order valence-electron chi connectivity index (χ4n) is 3.03. The van der Waals surface area contributed by atoms with Crippen molar-refractivity contribution in [2.45, 2.75) is 39.3 Å². The molecule has 0 spiro atoms. The van der Waals surface area contributed by atoms with Crippen LogP contribution in [0.15, 0.2) is 30.7 Å². The van der Waals surface area contributed by atoms with E-state index in [1.165, 1.54) is 0 Å². The average molecular weight is 428 g/mol. The van der Waals surface area contributed by atoms with Gasteiger partial charge in [0.1, 0.15) is 6.04 Å². The van der Waals surface area contributed by atoms with Crippen molar-refractivity contribution in [1.82, 2.24) is 14.5 Å². The first kappa shape index (κ1) is 22.0. The number of benzene rings is 1. The Morgan fingerprint density at radius 1 is 1.18 bits per heavy atom. The maximum absolute atomic E-state index is 11.6. The van der Waals surface area contributed by atoms with Gasteiger partial charge >= 0.3 is 12.1 Å². The van der Waals surface area contributed by atoms with Crippen molar-refractivity contribution >= 4 is 35.3 Å². The van der Waals surface area contributed by atoms with E-state index in [0.29, 0.717) is 23.0 Å². The van der Waals surface area contributed by atoms with Crippen molar-refractivity contribution in [3.05, 3.63) is 52.0 Å². The molecule has 1 aromatic heterocycles. The molecule has 0 aliphatic carbocycles. The molecule has 1 heterocycles. The second kappa shape index (κ2) is 9.80. The maximum atomic E-state index is 11.6. The summed E-state index contributed by atoms with van der Waals surface area (Å²) >= 11 is 12.1. The second-order valence-corrected chi connectivity index (χ2v) is 7.87. The number of nitrogens with zero attached hydrogens (tertiary/aromatic N) is 3. The molecule has 1 unspecified atom stereocenters. The number of carbonyl (C=O) groups is 2. The summed E-state index contributed by atoms with van der Waals surface area (Å²) in [5.74, 6) is -1.08. The Morgan fingerprint density at radius 3 is 2.36 bits per heavy atom. The lowest BCUT2D eigenvalue weighted by atomic mass is 10.0. The van der Waals surface area contributed by atoms with Crippen LogP contribution in [-0.2, 0) is 17.8 Å². The van der Waals surface area contributed by atoms with Gasteiger partial charge in [0.05, 0.1) is 6.33 Å². The van der Waals surface area contributed by atoms with Crippen LogP contribution in [0.3, 0.4) is 0 Å². The molecule has 0 bridgehead atoms. The number of imidazole rings is 1. The summed E-state index contributed by atoms with van der Waals surface area (Å²) in [5.41, 5.74) is 1.67. The normalized spacial score (nSPS) is 12.2. The number of hydrogen-bond donors (Lipinski definition) is 2. The molecule has 0 aliphatic heterocycles. The average Bonchev–Trinajstić information content (AvgIpc) is 2.99. The number of carboxylic acid groups (broad SMARTS) is 2. The van der Waals surface area contributed by atoms with Gasteiger partial charge in [0, 0.05) is 41.4 Å². The molecule has 28 heavy (non-hydrogen) atoms. The molecule has 0 radical (unpaired) electrons. The predicted molar refractivity (Wildman–Crippen MR) is 107 cm³/mol. The van der Waals surface area contributed by atoms with E-state index in [9.17, 15) is 19.8 Å². The zero-order valence-corrected chi connectivity index (χ0v) is 17.2. The topological polar surface area (TPSA) is 95.7 Å². The van der Waals surface area contributed by atoms with Crippen molar-refractivity contribution in [3.8, 4) is 0 Å². The number of amides is 1. The molecule has 0 aliphatic rings. The predicted octanol–water partition coefficient (Wildman–Crippen LogP) is 4.26. The van der Waals surface area contributed by atoms with E-state index in [2.05, 4.69) is 4.98 Å². The fraction of sp³-hybridized carbons (Fsp3) is 0.421. The largest absolute Gasteiger partial charge is 0.480 e. The number of halogens is 2. The Labute approximate surface area is 173 Å². The van der Waals surface area contributed by atoms with Gasteiger partial charge in [-0.15, -0.1) is 0 Å². The van der Waals surface area contributed by atoms with Gasteiger partial charge in [0.2, 0.25) is 0 Å². The molecule has 0 saturated heterocycles. The summed E-state index contributed by atoms with van der Waals surface area (Å²) < 4.78 is 1.86. The smallest absolute Gasteiger partial charge is 0.408 e. The lowest BCUT2D eigenvalue weighted by Gasteiger charge is -2.27. The van der Waals surface area contributed by atoms with Crippen LogP contribution in [0, 0.1) is 5.92 Å². The van der Waals surface area contributed by atoms with Crippen LogP contribution >= 0.6 is 23.2 Å². The number of carboxylic acids is 1. The zero-order chi connectivity index (χ0) is 20.8. The van der Waals surface area contributed by atoms with Crippen LogP contribution in [-0.4, -0.2) is 49.3 Å². The van der Waals surface area contributed by atoms with E-state index in [-0.39, 0.29) is 18.9 Å². The number of hydrogen-bond acceptors (Lipinski definition) is 3. The Bertz CT molecular complexity index is 818. The van der Waals surface area contributed by atoms with Crippen LogP contribution in [0.25, 0.3) is 0 Å². The van der Waals surface area contributed by atoms with Crippen LogP contribution in [0.5, 0.6) is 0 Å². The van der Waals surface area contributed by atoms with Crippen LogP contribution < -0.4 is 0 Å². The standard InChI is InChI=1S/C19H23Cl2N3O4/c1-12(2)5-17(18(25)26)24(19(27)28)4-3-16-9-22-11-23(16)10-13-6-14(20)8-15(21)7-13/h6-9,11-12,17H,3-5,10H2,1-2H3,(H,25,26)(H,27,28). The van der Waals surface area contributed by atoms with Crippen LogP contribution in [0.2, 0.25) is 10.0 Å². The molecule has 0 fully saturated rings. The molecule has 2 rings (SSSR count). The summed E-state index contributed by atoms with van der Waals surface area (Å²) in [6.07, 6.45) is 2.62. The second-order valence-electron chi connectivity index (χ2n) is 7.00. The van der Waals surface area contributed by atoms with Gasteiger partial charge in [-0.05, 0) is 36.1 Å². The van der Waals surface area contributed by atoms with Gasteiger partial charge in [0.25, 0.3) is 0 Å². The molecule has 0 saturated carbocycles. The van der Waals surface area contributed by atoms with Crippen molar-refractivity contribution in [1.29, 1.82) is 0 Å². The van der Waals surface area contributed by atoms with Crippen LogP contribution in [0.4, 0.5) is 4.79 Å². The maximum Gasteiger partial charge on any atom is 0.408 e. The summed E-state index contributed by atoms with van der Waals surface area (Å²) in [6, 6.07) is 4.15. The van der Waals surface area contributed by atoms with Gasteiger partial charge in [0.15, 0.2) is 0 Å². The van der Waals surface area contributed by atoms with E-state index >= 15 is 0 Å². The van der Waals surface area contributed by atoms with E-state index in [4.69, 9.17) is 23.2 Å². The van der Waals surface area contributed by atoms with Crippen molar-refractivity contribution in [2.24, 2.45) is 5.92 Å². The van der Waals surface area contributed by atoms with E-state index in [0.717, 1.165) is 16.2 Å². The van der Waals surface area contributed by atoms with Gasteiger partial charge in [-0.3, -0.25) is 4.90 Å². The summed E-state index contributed by atoms with van der Waals surface area (Å²) in [6.45, 7) is 4.25. The van der Waals surface area contributed by atoms with Gasteiger partial charge in [-0.2, -0.15) is 0 Å². The number of aromatic nitrogens is 2. The molecular weight excluding hydrogens is 405 g/mol. The van der Waals surface area contributed by atoms with Crippen molar-refractivity contribution in [3.63, 3.8) is 0 Å². The summed E-state index contributed by atoms with van der Waals surface area (Å²) in [5, 5.41) is 20.0. The van der Waals surface area contributed by atoms with Gasteiger partial charge < -0.3 is 14.8 Å². The molecule has 1 amide bonds.